The maximum absolute atomic E-state index is 6.90. The van der Waals surface area contributed by atoms with Crippen molar-refractivity contribution in [2.24, 2.45) is 0 Å². The number of hydrogen-bond acceptors (Lipinski definition) is 4. The first-order valence-electron chi connectivity index (χ1n) is 18.8. The van der Waals surface area contributed by atoms with E-state index in [4.69, 9.17) is 14.4 Å². The number of fused-ring (bicyclic) bond motifs is 3. The highest BCUT2D eigenvalue weighted by Crippen LogP contribution is 2.42. The summed E-state index contributed by atoms with van der Waals surface area (Å²) in [6.07, 6.45) is 0. The third-order valence-electron chi connectivity index (χ3n) is 10.3. The number of anilines is 3. The average molecular weight is 718 g/mol. The van der Waals surface area contributed by atoms with Crippen molar-refractivity contribution in [3.8, 4) is 56.2 Å². The third kappa shape index (κ3) is 6.19. The molecule has 0 bridgehead atoms. The van der Waals surface area contributed by atoms with E-state index in [1.54, 1.807) is 0 Å². The van der Waals surface area contributed by atoms with E-state index in [9.17, 15) is 0 Å². The van der Waals surface area contributed by atoms with Gasteiger partial charge in [-0.1, -0.05) is 164 Å². The van der Waals surface area contributed by atoms with Crippen LogP contribution in [0.5, 0.6) is 0 Å². The van der Waals surface area contributed by atoms with Gasteiger partial charge in [0.15, 0.2) is 5.82 Å². The topological polar surface area (TPSA) is 42.2 Å². The van der Waals surface area contributed by atoms with Crippen molar-refractivity contribution in [2.75, 3.05) is 4.90 Å². The van der Waals surface area contributed by atoms with Gasteiger partial charge in [-0.25, -0.2) is 9.97 Å². The van der Waals surface area contributed by atoms with Gasteiger partial charge >= 0.3 is 0 Å². The molecule has 2 heterocycles. The monoisotopic (exact) mass is 717 g/mol. The third-order valence-corrected chi connectivity index (χ3v) is 10.3. The zero-order valence-electron chi connectivity index (χ0n) is 30.5. The quantitative estimate of drug-likeness (QED) is 0.157. The molecular weight excluding hydrogens is 683 g/mol. The summed E-state index contributed by atoms with van der Waals surface area (Å²) in [7, 11) is 0. The molecule has 0 unspecified atom stereocenters. The fraction of sp³-hybridized carbons (Fsp3) is 0. The van der Waals surface area contributed by atoms with Gasteiger partial charge in [0.1, 0.15) is 11.2 Å². The van der Waals surface area contributed by atoms with Crippen molar-refractivity contribution in [1.29, 1.82) is 0 Å². The lowest BCUT2D eigenvalue weighted by Gasteiger charge is -2.25. The van der Waals surface area contributed by atoms with Crippen LogP contribution < -0.4 is 4.90 Å². The molecule has 4 heteroatoms. The number of para-hydroxylation sites is 4. The number of aromatic nitrogens is 2. The summed E-state index contributed by atoms with van der Waals surface area (Å²) in [6.45, 7) is 0. The minimum absolute atomic E-state index is 0.674. The van der Waals surface area contributed by atoms with Crippen molar-refractivity contribution >= 4 is 39.0 Å². The molecule has 0 fully saturated rings. The lowest BCUT2D eigenvalue weighted by Crippen LogP contribution is -2.09. The Balaban J connectivity index is 1.05. The molecule has 2 aromatic heterocycles. The van der Waals surface area contributed by atoms with Crippen molar-refractivity contribution < 1.29 is 4.42 Å². The molecular formula is C52H35N3O. The number of nitrogens with zero attached hydrogens (tertiary/aromatic N) is 3. The van der Waals surface area contributed by atoms with E-state index in [1.165, 1.54) is 0 Å². The Labute approximate surface area is 325 Å². The summed E-state index contributed by atoms with van der Waals surface area (Å²) in [4.78, 5) is 12.5. The van der Waals surface area contributed by atoms with E-state index >= 15 is 0 Å². The molecule has 0 spiro atoms. The molecule has 0 aliphatic rings. The molecule has 56 heavy (non-hydrogen) atoms. The van der Waals surface area contributed by atoms with Gasteiger partial charge in [-0.05, 0) is 59.7 Å². The second-order valence-electron chi connectivity index (χ2n) is 13.8. The van der Waals surface area contributed by atoms with E-state index < -0.39 is 0 Å². The Morgan fingerprint density at radius 3 is 1.29 bits per heavy atom. The van der Waals surface area contributed by atoms with Crippen molar-refractivity contribution in [2.45, 2.75) is 0 Å². The zero-order chi connectivity index (χ0) is 37.3. The number of benzene rings is 8. The SMILES string of the molecule is c1ccc(-c2cc(-c3ccccc3)nc(-c3cccc(-c4cccc5c4oc4c(-c6ccc(N(c7ccccc7)c7ccccc7)cc6)cccc45)c3)n2)cc1. The van der Waals surface area contributed by atoms with Crippen LogP contribution in [0, 0.1) is 0 Å². The van der Waals surface area contributed by atoms with Gasteiger partial charge in [0.25, 0.3) is 0 Å². The van der Waals surface area contributed by atoms with E-state index in [2.05, 4.69) is 169 Å². The van der Waals surface area contributed by atoms with Crippen LogP contribution in [0.25, 0.3) is 78.1 Å². The Kier molecular flexibility index (Phi) is 8.47. The van der Waals surface area contributed by atoms with E-state index in [1.807, 2.05) is 48.5 Å². The Morgan fingerprint density at radius 1 is 0.321 bits per heavy atom. The molecule has 0 saturated heterocycles. The van der Waals surface area contributed by atoms with Crippen LogP contribution in [-0.2, 0) is 0 Å². The fourth-order valence-corrected chi connectivity index (χ4v) is 7.58. The van der Waals surface area contributed by atoms with E-state index in [0.717, 1.165) is 89.3 Å². The fourth-order valence-electron chi connectivity index (χ4n) is 7.58. The summed E-state index contributed by atoms with van der Waals surface area (Å²) in [6, 6.07) is 73.6. The molecule has 0 atom stereocenters. The van der Waals surface area contributed by atoms with Gasteiger partial charge < -0.3 is 9.32 Å². The van der Waals surface area contributed by atoms with Crippen LogP contribution >= 0.6 is 0 Å². The second-order valence-corrected chi connectivity index (χ2v) is 13.8. The van der Waals surface area contributed by atoms with Crippen molar-refractivity contribution in [3.63, 3.8) is 0 Å². The highest BCUT2D eigenvalue weighted by atomic mass is 16.3. The molecule has 264 valence electrons. The Bertz CT molecular complexity index is 2840. The molecule has 0 saturated carbocycles. The van der Waals surface area contributed by atoms with Crippen LogP contribution in [0.1, 0.15) is 0 Å². The summed E-state index contributed by atoms with van der Waals surface area (Å²) >= 11 is 0. The Morgan fingerprint density at radius 2 is 0.750 bits per heavy atom. The molecule has 10 aromatic rings. The number of rotatable bonds is 8. The van der Waals surface area contributed by atoms with Crippen LogP contribution in [0.4, 0.5) is 17.1 Å². The van der Waals surface area contributed by atoms with Crippen LogP contribution in [0.3, 0.4) is 0 Å². The second kappa shape index (κ2) is 14.3. The lowest BCUT2D eigenvalue weighted by molar-refractivity contribution is 0.671. The highest BCUT2D eigenvalue weighted by molar-refractivity contribution is 6.13. The smallest absolute Gasteiger partial charge is 0.160 e. The standard InChI is InChI=1S/C52H35N3O/c1-5-16-37(17-6-1)48-35-49(38-18-7-2-8-19-38)54-52(53-48)40-21-13-20-39(34-40)45-27-15-29-47-46-28-14-26-44(50(46)56-51(45)47)36-30-32-43(33-31-36)55(41-22-9-3-10-23-41)42-24-11-4-12-25-42/h1-35H. The summed E-state index contributed by atoms with van der Waals surface area (Å²) in [5.41, 5.74) is 14.0. The highest BCUT2D eigenvalue weighted by Gasteiger charge is 2.18. The molecule has 0 N–H and O–H groups in total. The first-order chi connectivity index (χ1) is 27.8. The maximum Gasteiger partial charge on any atom is 0.160 e. The molecule has 0 aliphatic carbocycles. The molecule has 10 rings (SSSR count). The van der Waals surface area contributed by atoms with Gasteiger partial charge in [0, 0.05) is 55.7 Å². The van der Waals surface area contributed by atoms with Crippen LogP contribution in [0.15, 0.2) is 217 Å². The van der Waals surface area contributed by atoms with Gasteiger partial charge in [-0.3, -0.25) is 0 Å². The molecule has 0 radical (unpaired) electrons. The lowest BCUT2D eigenvalue weighted by atomic mass is 9.99. The largest absolute Gasteiger partial charge is 0.455 e. The van der Waals surface area contributed by atoms with E-state index in [0.29, 0.717) is 5.82 Å². The summed E-state index contributed by atoms with van der Waals surface area (Å²) in [5.74, 6) is 0.674. The minimum atomic E-state index is 0.674. The zero-order valence-corrected chi connectivity index (χ0v) is 30.5. The van der Waals surface area contributed by atoms with Gasteiger partial charge in [0.2, 0.25) is 0 Å². The Hall–Kier alpha value is -7.56. The first-order valence-corrected chi connectivity index (χ1v) is 18.8. The van der Waals surface area contributed by atoms with Crippen molar-refractivity contribution in [1.82, 2.24) is 9.97 Å². The molecule has 0 amide bonds. The molecule has 0 aliphatic heterocycles. The van der Waals surface area contributed by atoms with Crippen LogP contribution in [0.2, 0.25) is 0 Å². The predicted octanol–water partition coefficient (Wildman–Crippen LogP) is 14.2. The van der Waals surface area contributed by atoms with E-state index in [-0.39, 0.29) is 0 Å². The number of hydrogen-bond donors (Lipinski definition) is 0. The number of furan rings is 1. The minimum Gasteiger partial charge on any atom is -0.455 e. The maximum atomic E-state index is 6.90. The summed E-state index contributed by atoms with van der Waals surface area (Å²) < 4.78 is 6.90. The average Bonchev–Trinajstić information content (AvgIpc) is 3.67. The summed E-state index contributed by atoms with van der Waals surface area (Å²) in [5, 5.41) is 2.16. The van der Waals surface area contributed by atoms with Crippen LogP contribution in [-0.4, -0.2) is 9.97 Å². The molecule has 8 aromatic carbocycles. The first kappa shape index (κ1) is 33.0. The van der Waals surface area contributed by atoms with Crippen molar-refractivity contribution in [3.05, 3.63) is 212 Å². The predicted molar refractivity (Wildman–Crippen MR) is 231 cm³/mol. The normalized spacial score (nSPS) is 11.2. The van der Waals surface area contributed by atoms with Gasteiger partial charge in [-0.15, -0.1) is 0 Å². The van der Waals surface area contributed by atoms with Gasteiger partial charge in [0.05, 0.1) is 11.4 Å². The van der Waals surface area contributed by atoms with Gasteiger partial charge in [-0.2, -0.15) is 0 Å². The molecule has 4 nitrogen and oxygen atoms in total.